The lowest BCUT2D eigenvalue weighted by Crippen LogP contribution is -2.12. The Morgan fingerprint density at radius 1 is 1.33 bits per heavy atom. The van der Waals surface area contributed by atoms with Gasteiger partial charge in [0.2, 0.25) is 0 Å². The van der Waals surface area contributed by atoms with Crippen LogP contribution in [0.25, 0.3) is 5.69 Å². The Hall–Kier alpha value is -1.65. The zero-order valence-corrected chi connectivity index (χ0v) is 8.46. The molecule has 1 heterocycles. The van der Waals surface area contributed by atoms with E-state index < -0.39 is 0 Å². The Kier molecular flexibility index (Phi) is 2.80. The van der Waals surface area contributed by atoms with Crippen LogP contribution in [0.5, 0.6) is 0 Å². The number of benzene rings is 1. The van der Waals surface area contributed by atoms with Crippen molar-refractivity contribution in [3.8, 4) is 5.69 Å². The third-order valence-electron chi connectivity index (χ3n) is 2.32. The van der Waals surface area contributed by atoms with E-state index >= 15 is 0 Å². The van der Waals surface area contributed by atoms with Crippen molar-refractivity contribution >= 4 is 0 Å². The largest absolute Gasteiger partial charge is 0.316 e. The zero-order chi connectivity index (χ0) is 10.7. The van der Waals surface area contributed by atoms with Crippen LogP contribution in [0.1, 0.15) is 18.5 Å². The smallest absolute Gasteiger partial charge is 0.0645 e. The molecule has 1 unspecified atom stereocenters. The molecule has 0 saturated heterocycles. The second kappa shape index (κ2) is 4.25. The molecule has 0 aliphatic rings. The highest BCUT2D eigenvalue weighted by atomic mass is 16.5. The van der Waals surface area contributed by atoms with Gasteiger partial charge in [-0.3, -0.25) is 0 Å². The first-order chi connectivity index (χ1) is 7.31. The topological polar surface area (TPSA) is 50.1 Å². The lowest BCUT2D eigenvalue weighted by atomic mass is 10.2. The van der Waals surface area contributed by atoms with Crippen molar-refractivity contribution in [2.24, 2.45) is 0 Å². The molecule has 4 heteroatoms. The van der Waals surface area contributed by atoms with Crippen LogP contribution in [0, 0.1) is 0 Å². The van der Waals surface area contributed by atoms with Gasteiger partial charge in [0.15, 0.2) is 0 Å². The number of hydrogen-bond acceptors (Lipinski definition) is 3. The summed E-state index contributed by atoms with van der Waals surface area (Å²) in [5, 5.41) is 13.0. The summed E-state index contributed by atoms with van der Waals surface area (Å²) >= 11 is 0. The molecule has 1 aromatic carbocycles. The molecule has 78 valence electrons. The van der Waals surface area contributed by atoms with Crippen LogP contribution in [0.15, 0.2) is 42.7 Å². The molecule has 2 N–H and O–H groups in total. The summed E-state index contributed by atoms with van der Waals surface area (Å²) in [7, 11) is 0. The van der Waals surface area contributed by atoms with Crippen LogP contribution in [0.2, 0.25) is 0 Å². The molecular formula is C11H13N3O. The van der Waals surface area contributed by atoms with Gasteiger partial charge >= 0.3 is 0 Å². The third kappa shape index (κ3) is 2.06. The minimum atomic E-state index is -0.109. The molecule has 0 fully saturated rings. The maximum atomic E-state index is 8.78. The molecule has 0 saturated carbocycles. The van der Waals surface area contributed by atoms with E-state index in [9.17, 15) is 0 Å². The Morgan fingerprint density at radius 3 is 2.73 bits per heavy atom. The third-order valence-corrected chi connectivity index (χ3v) is 2.32. The quantitative estimate of drug-likeness (QED) is 0.749. The molecule has 4 nitrogen and oxygen atoms in total. The van der Waals surface area contributed by atoms with Crippen molar-refractivity contribution in [1.29, 1.82) is 0 Å². The van der Waals surface area contributed by atoms with E-state index in [0.29, 0.717) is 0 Å². The number of hydroxylamine groups is 1. The summed E-state index contributed by atoms with van der Waals surface area (Å²) in [6, 6.07) is 9.74. The average Bonchev–Trinajstić information content (AvgIpc) is 2.78. The average molecular weight is 203 g/mol. The first-order valence-corrected chi connectivity index (χ1v) is 4.81. The van der Waals surface area contributed by atoms with Crippen molar-refractivity contribution in [2.45, 2.75) is 13.0 Å². The van der Waals surface area contributed by atoms with E-state index in [0.717, 1.165) is 11.3 Å². The molecule has 0 amide bonds. The fraction of sp³-hybridized carbons (Fsp3) is 0.182. The van der Waals surface area contributed by atoms with Crippen LogP contribution >= 0.6 is 0 Å². The van der Waals surface area contributed by atoms with E-state index in [2.05, 4.69) is 10.6 Å². The van der Waals surface area contributed by atoms with Gasteiger partial charge < -0.3 is 5.21 Å². The predicted octanol–water partition coefficient (Wildman–Crippen LogP) is 1.91. The van der Waals surface area contributed by atoms with Crippen LogP contribution in [-0.4, -0.2) is 15.0 Å². The molecular weight excluding hydrogens is 190 g/mol. The van der Waals surface area contributed by atoms with Crippen LogP contribution < -0.4 is 5.48 Å². The Balaban J connectivity index is 2.28. The van der Waals surface area contributed by atoms with Gasteiger partial charge in [0.1, 0.15) is 0 Å². The van der Waals surface area contributed by atoms with Gasteiger partial charge in [0.05, 0.1) is 17.9 Å². The van der Waals surface area contributed by atoms with Gasteiger partial charge in [-0.15, -0.1) is 0 Å². The summed E-state index contributed by atoms with van der Waals surface area (Å²) in [4.78, 5) is 0. The lowest BCUT2D eigenvalue weighted by Gasteiger charge is -2.04. The SMILES string of the molecule is CC(NO)c1cnn(-c2ccccc2)c1. The monoisotopic (exact) mass is 203 g/mol. The summed E-state index contributed by atoms with van der Waals surface area (Å²) in [5.74, 6) is 0. The number of para-hydroxylation sites is 1. The number of hydrogen-bond donors (Lipinski definition) is 2. The molecule has 2 aromatic rings. The minimum absolute atomic E-state index is 0.109. The first-order valence-electron chi connectivity index (χ1n) is 4.81. The van der Waals surface area contributed by atoms with Crippen molar-refractivity contribution in [2.75, 3.05) is 0 Å². The molecule has 1 atom stereocenters. The van der Waals surface area contributed by atoms with Crippen molar-refractivity contribution in [3.05, 3.63) is 48.3 Å². The second-order valence-electron chi connectivity index (χ2n) is 3.40. The highest BCUT2D eigenvalue weighted by Gasteiger charge is 2.06. The molecule has 2 rings (SSSR count). The van der Waals surface area contributed by atoms with Crippen LogP contribution in [-0.2, 0) is 0 Å². The molecule has 1 aromatic heterocycles. The maximum Gasteiger partial charge on any atom is 0.0645 e. The number of rotatable bonds is 3. The molecule has 0 spiro atoms. The van der Waals surface area contributed by atoms with Gasteiger partial charge in [-0.25, -0.2) is 4.68 Å². The Morgan fingerprint density at radius 2 is 2.07 bits per heavy atom. The summed E-state index contributed by atoms with van der Waals surface area (Å²) in [5.41, 5.74) is 4.15. The number of aromatic nitrogens is 2. The molecule has 15 heavy (non-hydrogen) atoms. The van der Waals surface area contributed by atoms with Gasteiger partial charge in [0, 0.05) is 11.8 Å². The van der Waals surface area contributed by atoms with Crippen LogP contribution in [0.4, 0.5) is 0 Å². The lowest BCUT2D eigenvalue weighted by molar-refractivity contribution is 0.133. The van der Waals surface area contributed by atoms with E-state index in [1.54, 1.807) is 10.9 Å². The normalized spacial score (nSPS) is 12.7. The van der Waals surface area contributed by atoms with Gasteiger partial charge in [-0.05, 0) is 19.1 Å². The highest BCUT2D eigenvalue weighted by Crippen LogP contribution is 2.13. The fourth-order valence-electron chi connectivity index (χ4n) is 1.36. The van der Waals surface area contributed by atoms with Crippen molar-refractivity contribution < 1.29 is 5.21 Å². The van der Waals surface area contributed by atoms with E-state index in [1.807, 2.05) is 43.5 Å². The van der Waals surface area contributed by atoms with Gasteiger partial charge in [-0.2, -0.15) is 10.6 Å². The van der Waals surface area contributed by atoms with E-state index in [4.69, 9.17) is 5.21 Å². The standard InChI is InChI=1S/C11H13N3O/c1-9(13-15)10-7-12-14(8-10)11-5-3-2-4-6-11/h2-9,13,15H,1H3. The summed E-state index contributed by atoms with van der Waals surface area (Å²) < 4.78 is 1.78. The van der Waals surface area contributed by atoms with Crippen molar-refractivity contribution in [3.63, 3.8) is 0 Å². The predicted molar refractivity (Wildman–Crippen MR) is 56.9 cm³/mol. The summed E-state index contributed by atoms with van der Waals surface area (Å²) in [6.45, 7) is 1.87. The van der Waals surface area contributed by atoms with Gasteiger partial charge in [-0.1, -0.05) is 18.2 Å². The minimum Gasteiger partial charge on any atom is -0.316 e. The highest BCUT2D eigenvalue weighted by molar-refractivity contribution is 5.31. The Labute approximate surface area is 88.1 Å². The molecule has 0 radical (unpaired) electrons. The van der Waals surface area contributed by atoms with Crippen LogP contribution in [0.3, 0.4) is 0 Å². The maximum absolute atomic E-state index is 8.78. The number of nitrogens with zero attached hydrogens (tertiary/aromatic N) is 2. The van der Waals surface area contributed by atoms with Crippen molar-refractivity contribution in [1.82, 2.24) is 15.3 Å². The zero-order valence-electron chi connectivity index (χ0n) is 8.46. The number of nitrogens with one attached hydrogen (secondary N) is 1. The first kappa shape index (κ1) is 9.89. The van der Waals surface area contributed by atoms with E-state index in [-0.39, 0.29) is 6.04 Å². The fourth-order valence-corrected chi connectivity index (χ4v) is 1.36. The summed E-state index contributed by atoms with van der Waals surface area (Å²) in [6.07, 6.45) is 3.63. The Bertz CT molecular complexity index is 424. The molecule has 0 bridgehead atoms. The van der Waals surface area contributed by atoms with E-state index in [1.165, 1.54) is 0 Å². The van der Waals surface area contributed by atoms with Gasteiger partial charge in [0.25, 0.3) is 0 Å². The molecule has 0 aliphatic heterocycles. The second-order valence-corrected chi connectivity index (χ2v) is 3.40. The molecule has 0 aliphatic carbocycles.